The van der Waals surface area contributed by atoms with Crippen molar-refractivity contribution in [3.8, 4) is 0 Å². The SMILES string of the molecule is CC(C)c1cccc(C=CCS(=O)(=O)n2c(Cc3ccc(C(=O)O)cc3)cc3cc(Cl)ccc32)c1. The van der Waals surface area contributed by atoms with Crippen LogP contribution in [0.3, 0.4) is 0 Å². The molecule has 0 aliphatic heterocycles. The maximum atomic E-state index is 13.5. The third-order valence-corrected chi connectivity index (χ3v) is 7.69. The van der Waals surface area contributed by atoms with E-state index >= 15 is 0 Å². The number of benzene rings is 3. The number of aromatic nitrogens is 1. The number of nitrogens with zero attached hydrogens (tertiary/aromatic N) is 1. The third kappa shape index (κ3) is 5.66. The molecule has 35 heavy (non-hydrogen) atoms. The zero-order valence-electron chi connectivity index (χ0n) is 19.5. The lowest BCUT2D eigenvalue weighted by molar-refractivity contribution is 0.0697. The summed E-state index contributed by atoms with van der Waals surface area (Å²) in [6.45, 7) is 4.24. The molecule has 180 valence electrons. The van der Waals surface area contributed by atoms with Crippen molar-refractivity contribution >= 4 is 44.6 Å². The molecule has 1 N–H and O–H groups in total. The predicted molar refractivity (Wildman–Crippen MR) is 142 cm³/mol. The first-order valence-electron chi connectivity index (χ1n) is 11.3. The van der Waals surface area contributed by atoms with Crippen LogP contribution in [0.5, 0.6) is 0 Å². The van der Waals surface area contributed by atoms with Crippen molar-refractivity contribution in [3.63, 3.8) is 0 Å². The number of rotatable bonds is 8. The van der Waals surface area contributed by atoms with Crippen molar-refractivity contribution in [3.05, 3.63) is 112 Å². The Morgan fingerprint density at radius 2 is 1.77 bits per heavy atom. The van der Waals surface area contributed by atoms with Gasteiger partial charge in [-0.25, -0.2) is 17.2 Å². The van der Waals surface area contributed by atoms with Gasteiger partial charge in [0.05, 0.1) is 16.8 Å². The molecule has 1 heterocycles. The van der Waals surface area contributed by atoms with Gasteiger partial charge in [0.2, 0.25) is 10.0 Å². The first-order chi connectivity index (χ1) is 16.6. The van der Waals surface area contributed by atoms with Gasteiger partial charge >= 0.3 is 5.97 Å². The van der Waals surface area contributed by atoms with Crippen molar-refractivity contribution in [1.82, 2.24) is 3.97 Å². The van der Waals surface area contributed by atoms with Gasteiger partial charge in [0.15, 0.2) is 0 Å². The predicted octanol–water partition coefficient (Wildman–Crippen LogP) is 6.60. The molecule has 4 rings (SSSR count). The number of hydrogen-bond acceptors (Lipinski definition) is 3. The van der Waals surface area contributed by atoms with E-state index < -0.39 is 16.0 Å². The molecule has 0 saturated heterocycles. The Hall–Kier alpha value is -3.35. The highest BCUT2D eigenvalue weighted by Gasteiger charge is 2.20. The van der Waals surface area contributed by atoms with Gasteiger partial charge in [-0.05, 0) is 59.0 Å². The molecule has 0 fully saturated rings. The second kappa shape index (κ2) is 10.1. The van der Waals surface area contributed by atoms with Crippen LogP contribution in [0.4, 0.5) is 0 Å². The van der Waals surface area contributed by atoms with E-state index in [0.29, 0.717) is 28.6 Å². The molecule has 7 heteroatoms. The van der Waals surface area contributed by atoms with Crippen LogP contribution in [-0.4, -0.2) is 29.2 Å². The Bertz CT molecular complexity index is 1520. The number of carbonyl (C=O) groups is 1. The molecule has 0 spiro atoms. The largest absolute Gasteiger partial charge is 0.478 e. The van der Waals surface area contributed by atoms with E-state index in [1.54, 1.807) is 36.4 Å². The first kappa shape index (κ1) is 24.8. The van der Waals surface area contributed by atoms with Gasteiger partial charge in [-0.2, -0.15) is 0 Å². The van der Waals surface area contributed by atoms with Crippen molar-refractivity contribution in [2.24, 2.45) is 0 Å². The Morgan fingerprint density at radius 3 is 2.46 bits per heavy atom. The summed E-state index contributed by atoms with van der Waals surface area (Å²) < 4.78 is 28.4. The average Bonchev–Trinajstić information content (AvgIpc) is 3.17. The summed E-state index contributed by atoms with van der Waals surface area (Å²) in [6, 6.07) is 21.4. The molecule has 0 amide bonds. The molecule has 0 atom stereocenters. The second-order valence-corrected chi connectivity index (χ2v) is 11.1. The zero-order chi connectivity index (χ0) is 25.2. The van der Waals surface area contributed by atoms with Crippen LogP contribution in [0.1, 0.15) is 52.5 Å². The van der Waals surface area contributed by atoms with E-state index in [4.69, 9.17) is 16.7 Å². The molecule has 1 aromatic heterocycles. The molecule has 0 aliphatic carbocycles. The molecular formula is C28H26ClNO4S. The lowest BCUT2D eigenvalue weighted by Gasteiger charge is -2.11. The van der Waals surface area contributed by atoms with Gasteiger partial charge in [-0.3, -0.25) is 0 Å². The fraction of sp³-hybridized carbons (Fsp3) is 0.179. The molecule has 3 aromatic carbocycles. The molecular weight excluding hydrogens is 482 g/mol. The summed E-state index contributed by atoms with van der Waals surface area (Å²) in [5, 5.41) is 10.4. The van der Waals surface area contributed by atoms with Crippen molar-refractivity contribution in [2.45, 2.75) is 26.2 Å². The summed E-state index contributed by atoms with van der Waals surface area (Å²) in [5.41, 5.74) is 4.28. The van der Waals surface area contributed by atoms with Crippen LogP contribution in [-0.2, 0) is 16.4 Å². The standard InChI is InChI=1S/C28H26ClNO4S/c1-19(2)23-7-3-5-20(15-23)6-4-14-35(33,34)30-26(18-24-17-25(29)12-13-27(24)30)16-21-8-10-22(11-9-21)28(31)32/h3-13,15,17-19H,14,16H2,1-2H3,(H,31,32). The van der Waals surface area contributed by atoms with Crippen LogP contribution in [0, 0.1) is 0 Å². The van der Waals surface area contributed by atoms with Gasteiger partial charge in [0.25, 0.3) is 0 Å². The summed E-state index contributed by atoms with van der Waals surface area (Å²) in [6.07, 6.45) is 3.82. The Balaban J connectivity index is 1.68. The highest BCUT2D eigenvalue weighted by atomic mass is 35.5. The Labute approximate surface area is 210 Å². The summed E-state index contributed by atoms with van der Waals surface area (Å²) >= 11 is 6.16. The van der Waals surface area contributed by atoms with Crippen molar-refractivity contribution < 1.29 is 18.3 Å². The van der Waals surface area contributed by atoms with Gasteiger partial charge in [0, 0.05) is 22.5 Å². The highest BCUT2D eigenvalue weighted by Crippen LogP contribution is 2.27. The summed E-state index contributed by atoms with van der Waals surface area (Å²) in [4.78, 5) is 11.2. The maximum Gasteiger partial charge on any atom is 0.335 e. The second-order valence-electron chi connectivity index (χ2n) is 8.79. The normalized spacial score (nSPS) is 12.1. The van der Waals surface area contributed by atoms with E-state index in [2.05, 4.69) is 26.0 Å². The Kier molecular flexibility index (Phi) is 7.15. The number of carboxylic acids is 1. The van der Waals surface area contributed by atoms with Crippen LogP contribution in [0.2, 0.25) is 5.02 Å². The van der Waals surface area contributed by atoms with Gasteiger partial charge in [-0.1, -0.05) is 74.0 Å². The van der Waals surface area contributed by atoms with Crippen molar-refractivity contribution in [2.75, 3.05) is 5.75 Å². The summed E-state index contributed by atoms with van der Waals surface area (Å²) in [5.74, 6) is -0.790. The molecule has 4 aromatic rings. The van der Waals surface area contributed by atoms with E-state index in [0.717, 1.165) is 16.5 Å². The number of fused-ring (bicyclic) bond motifs is 1. The smallest absolute Gasteiger partial charge is 0.335 e. The van der Waals surface area contributed by atoms with E-state index in [1.165, 1.54) is 21.7 Å². The minimum Gasteiger partial charge on any atom is -0.478 e. The van der Waals surface area contributed by atoms with E-state index in [1.807, 2.05) is 24.3 Å². The zero-order valence-corrected chi connectivity index (χ0v) is 21.1. The third-order valence-electron chi connectivity index (χ3n) is 5.85. The van der Waals surface area contributed by atoms with Crippen molar-refractivity contribution in [1.29, 1.82) is 0 Å². The maximum absolute atomic E-state index is 13.5. The number of hydrogen-bond donors (Lipinski definition) is 1. The number of aromatic carboxylic acids is 1. The van der Waals surface area contributed by atoms with Crippen LogP contribution < -0.4 is 0 Å². The lowest BCUT2D eigenvalue weighted by Crippen LogP contribution is -2.18. The van der Waals surface area contributed by atoms with Crippen LogP contribution in [0.25, 0.3) is 17.0 Å². The number of halogens is 1. The fourth-order valence-electron chi connectivity index (χ4n) is 4.05. The van der Waals surface area contributed by atoms with Crippen LogP contribution in [0.15, 0.2) is 78.9 Å². The molecule has 0 radical (unpaired) electrons. The first-order valence-corrected chi connectivity index (χ1v) is 13.2. The van der Waals surface area contributed by atoms with Gasteiger partial charge in [0.1, 0.15) is 0 Å². The highest BCUT2D eigenvalue weighted by molar-refractivity contribution is 7.90. The van der Waals surface area contributed by atoms with E-state index in [9.17, 15) is 13.2 Å². The Morgan fingerprint density at radius 1 is 1.03 bits per heavy atom. The topological polar surface area (TPSA) is 76.4 Å². The quantitative estimate of drug-likeness (QED) is 0.291. The average molecular weight is 508 g/mol. The molecule has 5 nitrogen and oxygen atoms in total. The minimum atomic E-state index is -3.73. The monoisotopic (exact) mass is 507 g/mol. The lowest BCUT2D eigenvalue weighted by atomic mass is 10.0. The fourth-order valence-corrected chi connectivity index (χ4v) is 5.66. The van der Waals surface area contributed by atoms with Gasteiger partial charge in [-0.15, -0.1) is 0 Å². The molecule has 0 saturated carbocycles. The summed E-state index contributed by atoms with van der Waals surface area (Å²) in [7, 11) is -3.73. The minimum absolute atomic E-state index is 0.170. The number of carboxylic acid groups (broad SMARTS) is 1. The molecule has 0 bridgehead atoms. The molecule has 0 aliphatic rings. The molecule has 0 unspecified atom stereocenters. The van der Waals surface area contributed by atoms with E-state index in [-0.39, 0.29) is 11.3 Å². The van der Waals surface area contributed by atoms with Crippen LogP contribution >= 0.6 is 11.6 Å². The van der Waals surface area contributed by atoms with Gasteiger partial charge < -0.3 is 5.11 Å².